The first-order valence-electron chi connectivity index (χ1n) is 7.12. The van der Waals surface area contributed by atoms with Gasteiger partial charge in [0.05, 0.1) is 19.3 Å². The standard InChI is InChI=1S/C15H19BrN2O2/c16-13-3-1-2-12-11(13)4-5-14(12)18-15(19)8-10-9-20-7-6-17-10/h1-3,10,14,17H,4-9H2,(H,18,19). The van der Waals surface area contributed by atoms with E-state index < -0.39 is 0 Å². The molecular formula is C15H19BrN2O2. The average Bonchev–Trinajstić information content (AvgIpc) is 2.84. The molecule has 1 saturated heterocycles. The molecule has 1 heterocycles. The van der Waals surface area contributed by atoms with E-state index in [-0.39, 0.29) is 18.0 Å². The number of morpholine rings is 1. The van der Waals surface area contributed by atoms with Gasteiger partial charge in [0.2, 0.25) is 5.91 Å². The molecule has 0 spiro atoms. The van der Waals surface area contributed by atoms with E-state index in [0.717, 1.165) is 30.5 Å². The SMILES string of the molecule is O=C(CC1COCCN1)NC1CCc2c(Br)cccc21. The molecule has 0 bridgehead atoms. The molecule has 0 radical (unpaired) electrons. The van der Waals surface area contributed by atoms with Gasteiger partial charge < -0.3 is 15.4 Å². The zero-order valence-corrected chi connectivity index (χ0v) is 12.9. The van der Waals surface area contributed by atoms with Gasteiger partial charge in [-0.05, 0) is 30.0 Å². The van der Waals surface area contributed by atoms with Crippen molar-refractivity contribution >= 4 is 21.8 Å². The van der Waals surface area contributed by atoms with E-state index in [9.17, 15) is 4.79 Å². The van der Waals surface area contributed by atoms with E-state index in [1.807, 2.05) is 6.07 Å². The van der Waals surface area contributed by atoms with Crippen molar-refractivity contribution in [3.05, 3.63) is 33.8 Å². The van der Waals surface area contributed by atoms with Crippen LogP contribution in [0.5, 0.6) is 0 Å². The first kappa shape index (κ1) is 14.0. The number of rotatable bonds is 3. The third kappa shape index (κ3) is 3.05. The maximum absolute atomic E-state index is 12.1. The Kier molecular flexibility index (Phi) is 4.38. The van der Waals surface area contributed by atoms with Crippen LogP contribution in [-0.4, -0.2) is 31.7 Å². The number of carbonyl (C=O) groups excluding carboxylic acids is 1. The molecule has 1 aliphatic carbocycles. The predicted molar refractivity (Wildman–Crippen MR) is 80.6 cm³/mol. The maximum atomic E-state index is 12.1. The molecule has 1 aromatic carbocycles. The quantitative estimate of drug-likeness (QED) is 0.885. The van der Waals surface area contributed by atoms with Crippen molar-refractivity contribution in [2.24, 2.45) is 0 Å². The zero-order valence-electron chi connectivity index (χ0n) is 11.3. The minimum absolute atomic E-state index is 0.103. The number of nitrogens with one attached hydrogen (secondary N) is 2. The third-order valence-corrected chi connectivity index (χ3v) is 4.72. The summed E-state index contributed by atoms with van der Waals surface area (Å²) in [6, 6.07) is 6.50. The summed E-state index contributed by atoms with van der Waals surface area (Å²) in [4.78, 5) is 12.1. The van der Waals surface area contributed by atoms with Gasteiger partial charge in [0.25, 0.3) is 0 Å². The highest BCUT2D eigenvalue weighted by molar-refractivity contribution is 9.10. The summed E-state index contributed by atoms with van der Waals surface area (Å²) < 4.78 is 6.52. The van der Waals surface area contributed by atoms with Crippen molar-refractivity contribution in [2.45, 2.75) is 31.3 Å². The Morgan fingerprint density at radius 2 is 2.40 bits per heavy atom. The van der Waals surface area contributed by atoms with Gasteiger partial charge in [-0.15, -0.1) is 0 Å². The molecule has 20 heavy (non-hydrogen) atoms. The van der Waals surface area contributed by atoms with Crippen LogP contribution in [0.4, 0.5) is 0 Å². The molecule has 1 fully saturated rings. The highest BCUT2D eigenvalue weighted by Crippen LogP contribution is 2.35. The van der Waals surface area contributed by atoms with Crippen LogP contribution >= 0.6 is 15.9 Å². The van der Waals surface area contributed by atoms with Crippen molar-refractivity contribution in [3.63, 3.8) is 0 Å². The van der Waals surface area contributed by atoms with E-state index in [0.29, 0.717) is 13.0 Å². The maximum Gasteiger partial charge on any atom is 0.222 e. The molecule has 2 N–H and O–H groups in total. The molecule has 1 amide bonds. The number of benzene rings is 1. The summed E-state index contributed by atoms with van der Waals surface area (Å²) in [5, 5.41) is 6.46. The van der Waals surface area contributed by atoms with Crippen LogP contribution < -0.4 is 10.6 Å². The highest BCUT2D eigenvalue weighted by Gasteiger charge is 2.26. The number of halogens is 1. The number of amides is 1. The molecule has 2 aliphatic rings. The Labute approximate surface area is 127 Å². The zero-order chi connectivity index (χ0) is 13.9. The van der Waals surface area contributed by atoms with Gasteiger partial charge in [0.15, 0.2) is 0 Å². The van der Waals surface area contributed by atoms with Gasteiger partial charge >= 0.3 is 0 Å². The minimum atomic E-state index is 0.103. The first-order valence-corrected chi connectivity index (χ1v) is 7.91. The molecule has 1 aromatic rings. The fourth-order valence-electron chi connectivity index (χ4n) is 2.99. The number of hydrogen-bond acceptors (Lipinski definition) is 3. The Bertz CT molecular complexity index is 501. The second-order valence-electron chi connectivity index (χ2n) is 5.40. The molecule has 108 valence electrons. The number of ether oxygens (including phenoxy) is 1. The van der Waals surface area contributed by atoms with Crippen LogP contribution in [0.2, 0.25) is 0 Å². The van der Waals surface area contributed by atoms with E-state index in [2.05, 4.69) is 38.7 Å². The Balaban J connectivity index is 1.59. The molecule has 2 atom stereocenters. The van der Waals surface area contributed by atoms with Crippen molar-refractivity contribution in [2.75, 3.05) is 19.8 Å². The lowest BCUT2D eigenvalue weighted by molar-refractivity contribution is -0.123. The van der Waals surface area contributed by atoms with Gasteiger partial charge in [0.1, 0.15) is 0 Å². The topological polar surface area (TPSA) is 50.4 Å². The fraction of sp³-hybridized carbons (Fsp3) is 0.533. The second-order valence-corrected chi connectivity index (χ2v) is 6.25. The lowest BCUT2D eigenvalue weighted by atomic mass is 10.1. The molecule has 2 unspecified atom stereocenters. The minimum Gasteiger partial charge on any atom is -0.378 e. The fourth-order valence-corrected chi connectivity index (χ4v) is 3.57. The van der Waals surface area contributed by atoms with E-state index in [4.69, 9.17) is 4.74 Å². The van der Waals surface area contributed by atoms with E-state index in [1.165, 1.54) is 11.1 Å². The lowest BCUT2D eigenvalue weighted by Crippen LogP contribution is -2.44. The molecule has 0 aromatic heterocycles. The Hall–Kier alpha value is -0.910. The van der Waals surface area contributed by atoms with Crippen LogP contribution in [0.25, 0.3) is 0 Å². The van der Waals surface area contributed by atoms with Gasteiger partial charge in [-0.25, -0.2) is 0 Å². The Morgan fingerprint density at radius 1 is 1.50 bits per heavy atom. The average molecular weight is 339 g/mol. The normalized spacial score (nSPS) is 25.2. The van der Waals surface area contributed by atoms with Crippen LogP contribution in [0.3, 0.4) is 0 Å². The van der Waals surface area contributed by atoms with Gasteiger partial charge in [0, 0.05) is 23.5 Å². The molecule has 5 heteroatoms. The smallest absolute Gasteiger partial charge is 0.222 e. The molecule has 3 rings (SSSR count). The number of fused-ring (bicyclic) bond motifs is 1. The van der Waals surface area contributed by atoms with Crippen LogP contribution in [-0.2, 0) is 16.0 Å². The summed E-state index contributed by atoms with van der Waals surface area (Å²) in [5.74, 6) is 0.103. The molecular weight excluding hydrogens is 320 g/mol. The number of hydrogen-bond donors (Lipinski definition) is 2. The summed E-state index contributed by atoms with van der Waals surface area (Å²) >= 11 is 3.58. The van der Waals surface area contributed by atoms with Gasteiger partial charge in [-0.3, -0.25) is 4.79 Å². The van der Waals surface area contributed by atoms with Crippen molar-refractivity contribution in [1.82, 2.24) is 10.6 Å². The predicted octanol–water partition coefficient (Wildman–Crippen LogP) is 1.93. The lowest BCUT2D eigenvalue weighted by Gasteiger charge is -2.24. The van der Waals surface area contributed by atoms with Crippen LogP contribution in [0.15, 0.2) is 22.7 Å². The van der Waals surface area contributed by atoms with Crippen LogP contribution in [0, 0.1) is 0 Å². The monoisotopic (exact) mass is 338 g/mol. The van der Waals surface area contributed by atoms with Crippen molar-refractivity contribution in [3.8, 4) is 0 Å². The molecule has 4 nitrogen and oxygen atoms in total. The first-order chi connectivity index (χ1) is 9.74. The highest BCUT2D eigenvalue weighted by atomic mass is 79.9. The summed E-state index contributed by atoms with van der Waals surface area (Å²) in [6.45, 7) is 2.19. The van der Waals surface area contributed by atoms with E-state index in [1.54, 1.807) is 0 Å². The number of carbonyl (C=O) groups is 1. The third-order valence-electron chi connectivity index (χ3n) is 3.98. The summed E-state index contributed by atoms with van der Waals surface area (Å²) in [6.07, 6.45) is 2.49. The van der Waals surface area contributed by atoms with Crippen molar-refractivity contribution in [1.29, 1.82) is 0 Å². The summed E-state index contributed by atoms with van der Waals surface area (Å²) in [7, 11) is 0. The largest absolute Gasteiger partial charge is 0.378 e. The Morgan fingerprint density at radius 3 is 3.20 bits per heavy atom. The van der Waals surface area contributed by atoms with Gasteiger partial charge in [-0.1, -0.05) is 28.1 Å². The van der Waals surface area contributed by atoms with E-state index >= 15 is 0 Å². The van der Waals surface area contributed by atoms with Crippen LogP contribution in [0.1, 0.15) is 30.0 Å². The van der Waals surface area contributed by atoms with Crippen molar-refractivity contribution < 1.29 is 9.53 Å². The van der Waals surface area contributed by atoms with Gasteiger partial charge in [-0.2, -0.15) is 0 Å². The molecule has 1 aliphatic heterocycles. The summed E-state index contributed by atoms with van der Waals surface area (Å²) in [5.41, 5.74) is 2.58. The molecule has 0 saturated carbocycles. The second kappa shape index (κ2) is 6.24.